The minimum atomic E-state index is -0.963. The average Bonchev–Trinajstić information content (AvgIpc) is 3.12. The van der Waals surface area contributed by atoms with E-state index in [1.165, 1.54) is 16.7 Å². The van der Waals surface area contributed by atoms with Crippen molar-refractivity contribution < 1.29 is 19.4 Å². The van der Waals surface area contributed by atoms with E-state index in [-0.39, 0.29) is 17.2 Å². The summed E-state index contributed by atoms with van der Waals surface area (Å²) in [7, 11) is 0. The molecule has 2 aromatic carbocycles. The van der Waals surface area contributed by atoms with Crippen LogP contribution in [0, 0.1) is 5.92 Å². The molecule has 1 amide bonds. The van der Waals surface area contributed by atoms with Crippen LogP contribution in [0.1, 0.15) is 30.3 Å². The van der Waals surface area contributed by atoms with Gasteiger partial charge < -0.3 is 14.7 Å². The van der Waals surface area contributed by atoms with Crippen LogP contribution >= 0.6 is 11.8 Å². The standard InChI is InChI=1S/C21H23NO4S/c1-14(2)19(23)22-18(21(24)25)13-27-20(22)16-9-6-10-17(11-16)26-12-15-7-4-3-5-8-15/h3-11,14,18,20H,12-13H2,1-2H3,(H,24,25). The second-order valence-electron chi connectivity index (χ2n) is 6.79. The number of thioether (sulfide) groups is 1. The van der Waals surface area contributed by atoms with Crippen LogP contribution in [0.2, 0.25) is 0 Å². The van der Waals surface area contributed by atoms with Gasteiger partial charge in [-0.1, -0.05) is 56.3 Å². The van der Waals surface area contributed by atoms with Crippen molar-refractivity contribution in [1.82, 2.24) is 4.90 Å². The van der Waals surface area contributed by atoms with Gasteiger partial charge in [-0.15, -0.1) is 11.8 Å². The molecule has 0 aliphatic carbocycles. The molecule has 2 atom stereocenters. The molecule has 0 saturated carbocycles. The molecule has 2 unspecified atom stereocenters. The minimum absolute atomic E-state index is 0.145. The number of amides is 1. The van der Waals surface area contributed by atoms with Crippen molar-refractivity contribution in [3.05, 3.63) is 65.7 Å². The number of hydrogen-bond acceptors (Lipinski definition) is 4. The van der Waals surface area contributed by atoms with Gasteiger partial charge in [-0.05, 0) is 23.3 Å². The molecule has 2 aromatic rings. The summed E-state index contributed by atoms with van der Waals surface area (Å²) in [6, 6.07) is 16.6. The average molecular weight is 385 g/mol. The van der Waals surface area contributed by atoms with Crippen LogP contribution in [0.4, 0.5) is 0 Å². The summed E-state index contributed by atoms with van der Waals surface area (Å²) in [6.45, 7) is 4.04. The summed E-state index contributed by atoms with van der Waals surface area (Å²) in [5, 5.41) is 9.19. The van der Waals surface area contributed by atoms with Crippen molar-refractivity contribution in [2.75, 3.05) is 5.75 Å². The zero-order chi connectivity index (χ0) is 19.4. The van der Waals surface area contributed by atoms with Gasteiger partial charge in [0.15, 0.2) is 0 Å². The normalized spacial score (nSPS) is 19.3. The molecule has 0 spiro atoms. The van der Waals surface area contributed by atoms with Gasteiger partial charge in [-0.3, -0.25) is 4.79 Å². The number of rotatable bonds is 6. The van der Waals surface area contributed by atoms with Crippen LogP contribution in [-0.4, -0.2) is 33.7 Å². The van der Waals surface area contributed by atoms with Gasteiger partial charge in [0.2, 0.25) is 5.91 Å². The maximum absolute atomic E-state index is 12.7. The fourth-order valence-corrected chi connectivity index (χ4v) is 4.44. The van der Waals surface area contributed by atoms with E-state index in [0.29, 0.717) is 18.1 Å². The van der Waals surface area contributed by atoms with E-state index in [0.717, 1.165) is 11.1 Å². The molecule has 0 bridgehead atoms. The third kappa shape index (κ3) is 4.45. The Kier molecular flexibility index (Phi) is 6.06. The largest absolute Gasteiger partial charge is 0.489 e. The number of carbonyl (C=O) groups is 2. The van der Waals surface area contributed by atoms with Crippen molar-refractivity contribution >= 4 is 23.6 Å². The second-order valence-corrected chi connectivity index (χ2v) is 7.90. The maximum Gasteiger partial charge on any atom is 0.327 e. The lowest BCUT2D eigenvalue weighted by molar-refractivity contribution is -0.150. The van der Waals surface area contributed by atoms with Crippen LogP contribution in [-0.2, 0) is 16.2 Å². The van der Waals surface area contributed by atoms with Crippen molar-refractivity contribution in [3.8, 4) is 5.75 Å². The number of ether oxygens (including phenoxy) is 1. The number of hydrogen-bond donors (Lipinski definition) is 1. The van der Waals surface area contributed by atoms with Gasteiger partial charge in [0.05, 0.1) is 0 Å². The Labute approximate surface area is 163 Å². The molecule has 3 rings (SSSR count). The quantitative estimate of drug-likeness (QED) is 0.816. The molecule has 6 heteroatoms. The lowest BCUT2D eigenvalue weighted by Gasteiger charge is -2.29. The number of carboxylic acid groups (broad SMARTS) is 1. The monoisotopic (exact) mass is 385 g/mol. The van der Waals surface area contributed by atoms with E-state index in [4.69, 9.17) is 4.74 Å². The topological polar surface area (TPSA) is 66.8 Å². The van der Waals surface area contributed by atoms with Crippen LogP contribution in [0.15, 0.2) is 54.6 Å². The highest BCUT2D eigenvalue weighted by molar-refractivity contribution is 7.99. The smallest absolute Gasteiger partial charge is 0.327 e. The molecule has 1 heterocycles. The molecular formula is C21H23NO4S. The summed E-state index contributed by atoms with van der Waals surface area (Å²) in [6.07, 6.45) is 0. The van der Waals surface area contributed by atoms with Gasteiger partial charge >= 0.3 is 5.97 Å². The third-order valence-corrected chi connectivity index (χ3v) is 5.75. The van der Waals surface area contributed by atoms with Crippen molar-refractivity contribution in [1.29, 1.82) is 0 Å². The number of carbonyl (C=O) groups excluding carboxylic acids is 1. The van der Waals surface area contributed by atoms with Gasteiger partial charge in [-0.2, -0.15) is 0 Å². The lowest BCUT2D eigenvalue weighted by atomic mass is 10.1. The molecule has 0 radical (unpaired) electrons. The van der Waals surface area contributed by atoms with E-state index in [1.807, 2.05) is 54.6 Å². The molecule has 142 valence electrons. The Balaban J connectivity index is 1.80. The van der Waals surface area contributed by atoms with Crippen LogP contribution in [0.5, 0.6) is 5.75 Å². The van der Waals surface area contributed by atoms with E-state index < -0.39 is 12.0 Å². The summed E-state index contributed by atoms with van der Waals surface area (Å²) in [5.41, 5.74) is 1.95. The van der Waals surface area contributed by atoms with Crippen LogP contribution in [0.3, 0.4) is 0 Å². The second kappa shape index (κ2) is 8.48. The Morgan fingerprint density at radius 1 is 1.19 bits per heavy atom. The highest BCUT2D eigenvalue weighted by Crippen LogP contribution is 2.43. The number of carboxylic acids is 1. The van der Waals surface area contributed by atoms with Crippen molar-refractivity contribution in [2.24, 2.45) is 5.92 Å². The number of benzene rings is 2. The van der Waals surface area contributed by atoms with Gasteiger partial charge in [0.25, 0.3) is 0 Å². The molecule has 27 heavy (non-hydrogen) atoms. The predicted molar refractivity (Wildman–Crippen MR) is 106 cm³/mol. The summed E-state index contributed by atoms with van der Waals surface area (Å²) in [4.78, 5) is 25.8. The number of nitrogens with zero attached hydrogens (tertiary/aromatic N) is 1. The van der Waals surface area contributed by atoms with E-state index >= 15 is 0 Å². The SMILES string of the molecule is CC(C)C(=O)N1C(C(=O)O)CSC1c1cccc(OCc2ccccc2)c1. The molecule has 1 aliphatic rings. The highest BCUT2D eigenvalue weighted by atomic mass is 32.2. The molecule has 1 N–H and O–H groups in total. The Hall–Kier alpha value is -2.47. The molecule has 1 saturated heterocycles. The van der Waals surface area contributed by atoms with Crippen molar-refractivity contribution in [3.63, 3.8) is 0 Å². The Morgan fingerprint density at radius 3 is 2.59 bits per heavy atom. The first-order valence-corrected chi connectivity index (χ1v) is 9.95. The minimum Gasteiger partial charge on any atom is -0.489 e. The summed E-state index contributed by atoms with van der Waals surface area (Å²) < 4.78 is 5.88. The number of aliphatic carboxylic acids is 1. The third-order valence-electron chi connectivity index (χ3n) is 4.43. The van der Waals surface area contributed by atoms with E-state index in [2.05, 4.69) is 0 Å². The first-order chi connectivity index (χ1) is 13.0. The Morgan fingerprint density at radius 2 is 1.93 bits per heavy atom. The Bertz CT molecular complexity index is 809. The fourth-order valence-electron chi connectivity index (χ4n) is 3.02. The summed E-state index contributed by atoms with van der Waals surface area (Å²) in [5.74, 6) is -0.283. The first kappa shape index (κ1) is 19.3. The fraction of sp³-hybridized carbons (Fsp3) is 0.333. The van der Waals surface area contributed by atoms with Gasteiger partial charge in [0, 0.05) is 11.7 Å². The molecule has 5 nitrogen and oxygen atoms in total. The summed E-state index contributed by atoms with van der Waals surface area (Å²) >= 11 is 1.48. The highest BCUT2D eigenvalue weighted by Gasteiger charge is 2.42. The lowest BCUT2D eigenvalue weighted by Crippen LogP contribution is -2.44. The molecule has 1 fully saturated rings. The molecular weight excluding hydrogens is 362 g/mol. The van der Waals surface area contributed by atoms with E-state index in [9.17, 15) is 14.7 Å². The molecule has 0 aromatic heterocycles. The molecule has 1 aliphatic heterocycles. The van der Waals surface area contributed by atoms with Gasteiger partial charge in [0.1, 0.15) is 23.8 Å². The van der Waals surface area contributed by atoms with Crippen LogP contribution in [0.25, 0.3) is 0 Å². The maximum atomic E-state index is 12.7. The zero-order valence-corrected chi connectivity index (χ0v) is 16.2. The van der Waals surface area contributed by atoms with E-state index in [1.54, 1.807) is 13.8 Å². The predicted octanol–water partition coefficient (Wildman–Crippen LogP) is 3.95. The van der Waals surface area contributed by atoms with Crippen molar-refractivity contribution in [2.45, 2.75) is 31.9 Å². The first-order valence-electron chi connectivity index (χ1n) is 8.90. The zero-order valence-electron chi connectivity index (χ0n) is 15.4. The van der Waals surface area contributed by atoms with Crippen LogP contribution < -0.4 is 4.74 Å². The van der Waals surface area contributed by atoms with Gasteiger partial charge in [-0.25, -0.2) is 4.79 Å².